The predicted molar refractivity (Wildman–Crippen MR) is 75.2 cm³/mol. The van der Waals surface area contributed by atoms with Crippen LogP contribution in [0.4, 0.5) is 0 Å². The molecule has 0 aromatic carbocycles. The first-order valence-electron chi connectivity index (χ1n) is 7.77. The number of ether oxygens (including phenoxy) is 2. The van der Waals surface area contributed by atoms with Crippen LogP contribution in [0, 0.1) is 23.7 Å². The van der Waals surface area contributed by atoms with Crippen molar-refractivity contribution in [3.05, 3.63) is 0 Å². The Hall–Kier alpha value is -0.900. The maximum Gasteiger partial charge on any atom is 0.309 e. The van der Waals surface area contributed by atoms with Crippen molar-refractivity contribution in [1.29, 1.82) is 0 Å². The van der Waals surface area contributed by atoms with Crippen molar-refractivity contribution in [2.24, 2.45) is 23.7 Å². The van der Waals surface area contributed by atoms with Gasteiger partial charge in [-0.15, -0.1) is 0 Å². The van der Waals surface area contributed by atoms with Crippen LogP contribution in [0.2, 0.25) is 0 Å². The first kappa shape index (κ1) is 15.5. The van der Waals surface area contributed by atoms with E-state index < -0.39 is 0 Å². The molecular weight excluding hydrogens is 256 g/mol. The largest absolute Gasteiger partial charge is 0.463 e. The molecule has 0 aliphatic heterocycles. The molecule has 4 nitrogen and oxygen atoms in total. The average molecular weight is 282 g/mol. The maximum absolute atomic E-state index is 12.0. The van der Waals surface area contributed by atoms with E-state index in [1.54, 1.807) is 14.0 Å². The van der Waals surface area contributed by atoms with Gasteiger partial charge < -0.3 is 9.47 Å². The zero-order valence-corrected chi connectivity index (χ0v) is 12.6. The van der Waals surface area contributed by atoms with Crippen molar-refractivity contribution in [3.63, 3.8) is 0 Å². The third-order valence-corrected chi connectivity index (χ3v) is 5.05. The smallest absolute Gasteiger partial charge is 0.309 e. The van der Waals surface area contributed by atoms with E-state index in [0.717, 1.165) is 38.5 Å². The van der Waals surface area contributed by atoms with E-state index in [0.29, 0.717) is 30.8 Å². The minimum Gasteiger partial charge on any atom is -0.463 e. The minimum atomic E-state index is -0.0609. The second-order valence-corrected chi connectivity index (χ2v) is 6.31. The average Bonchev–Trinajstić information content (AvgIpc) is 2.46. The monoisotopic (exact) mass is 282 g/mol. The summed E-state index contributed by atoms with van der Waals surface area (Å²) in [6, 6.07) is 0. The lowest BCUT2D eigenvalue weighted by atomic mass is 9.64. The van der Waals surface area contributed by atoms with Gasteiger partial charge in [-0.25, -0.2) is 0 Å². The summed E-state index contributed by atoms with van der Waals surface area (Å²) < 4.78 is 10.1. The molecule has 0 aromatic rings. The van der Waals surface area contributed by atoms with Crippen molar-refractivity contribution in [2.45, 2.75) is 45.4 Å². The standard InChI is InChI=1S/C16H26O4/c1-11(17)12-3-4-14-10-15(6-5-13(14)9-12)16(18)20-8-7-19-2/h12-15H,3-10H2,1-2H3. The van der Waals surface area contributed by atoms with Crippen molar-refractivity contribution in [3.8, 4) is 0 Å². The van der Waals surface area contributed by atoms with Crippen LogP contribution in [0.3, 0.4) is 0 Å². The third kappa shape index (κ3) is 3.81. The van der Waals surface area contributed by atoms with Crippen LogP contribution in [0.25, 0.3) is 0 Å². The van der Waals surface area contributed by atoms with Gasteiger partial charge in [-0.05, 0) is 57.3 Å². The highest BCUT2D eigenvalue weighted by Crippen LogP contribution is 2.45. The Bertz CT molecular complexity index is 352. The molecule has 0 heterocycles. The highest BCUT2D eigenvalue weighted by atomic mass is 16.6. The van der Waals surface area contributed by atoms with E-state index in [9.17, 15) is 9.59 Å². The van der Waals surface area contributed by atoms with E-state index >= 15 is 0 Å². The first-order valence-corrected chi connectivity index (χ1v) is 7.77. The molecule has 2 rings (SSSR count). The predicted octanol–water partition coefficient (Wildman–Crippen LogP) is 2.60. The molecule has 2 aliphatic rings. The van der Waals surface area contributed by atoms with Gasteiger partial charge in [-0.3, -0.25) is 9.59 Å². The van der Waals surface area contributed by atoms with E-state index in [1.807, 2.05) is 0 Å². The molecule has 0 amide bonds. The van der Waals surface area contributed by atoms with Crippen LogP contribution in [0.1, 0.15) is 45.4 Å². The SMILES string of the molecule is COCCOC(=O)C1CCC2CC(C(C)=O)CCC2C1. The van der Waals surface area contributed by atoms with E-state index in [-0.39, 0.29) is 17.8 Å². The van der Waals surface area contributed by atoms with E-state index in [1.165, 1.54) is 0 Å². The van der Waals surface area contributed by atoms with Crippen LogP contribution >= 0.6 is 0 Å². The summed E-state index contributed by atoms with van der Waals surface area (Å²) in [6.45, 7) is 2.53. The first-order chi connectivity index (χ1) is 9.61. The molecule has 4 atom stereocenters. The van der Waals surface area contributed by atoms with Gasteiger partial charge in [0.2, 0.25) is 0 Å². The normalized spacial score (nSPS) is 33.3. The summed E-state index contributed by atoms with van der Waals surface area (Å²) in [6.07, 6.45) is 6.06. The number of methoxy groups -OCH3 is 1. The zero-order valence-electron chi connectivity index (χ0n) is 12.6. The van der Waals surface area contributed by atoms with Crippen LogP contribution in [-0.2, 0) is 19.1 Å². The lowest BCUT2D eigenvalue weighted by Gasteiger charge is -2.40. The number of Topliss-reactive ketones (excluding diaryl/α,β-unsaturated/α-hetero) is 1. The van der Waals surface area contributed by atoms with Gasteiger partial charge in [0.15, 0.2) is 0 Å². The van der Waals surface area contributed by atoms with Gasteiger partial charge >= 0.3 is 5.97 Å². The molecular formula is C16H26O4. The molecule has 20 heavy (non-hydrogen) atoms. The summed E-state index contributed by atoms with van der Waals surface area (Å²) >= 11 is 0. The van der Waals surface area contributed by atoms with Crippen molar-refractivity contribution in [1.82, 2.24) is 0 Å². The van der Waals surface area contributed by atoms with Gasteiger partial charge in [-0.2, -0.15) is 0 Å². The highest BCUT2D eigenvalue weighted by molar-refractivity contribution is 5.78. The zero-order chi connectivity index (χ0) is 14.5. The van der Waals surface area contributed by atoms with Crippen LogP contribution < -0.4 is 0 Å². The number of carbonyl (C=O) groups is 2. The highest BCUT2D eigenvalue weighted by Gasteiger charge is 2.39. The third-order valence-electron chi connectivity index (χ3n) is 5.05. The number of carbonyl (C=O) groups excluding carboxylic acids is 2. The quantitative estimate of drug-likeness (QED) is 0.574. The Morgan fingerprint density at radius 1 is 0.950 bits per heavy atom. The molecule has 2 saturated carbocycles. The van der Waals surface area contributed by atoms with Gasteiger partial charge in [0, 0.05) is 13.0 Å². The van der Waals surface area contributed by atoms with E-state index in [4.69, 9.17) is 9.47 Å². The van der Waals surface area contributed by atoms with E-state index in [2.05, 4.69) is 0 Å². The second kappa shape index (κ2) is 7.21. The van der Waals surface area contributed by atoms with Crippen LogP contribution in [-0.4, -0.2) is 32.1 Å². The fourth-order valence-electron chi connectivity index (χ4n) is 3.82. The summed E-state index contributed by atoms with van der Waals surface area (Å²) in [5.41, 5.74) is 0. The summed E-state index contributed by atoms with van der Waals surface area (Å²) in [5, 5.41) is 0. The lowest BCUT2D eigenvalue weighted by Crippen LogP contribution is -2.35. The molecule has 0 N–H and O–H groups in total. The van der Waals surface area contributed by atoms with Crippen molar-refractivity contribution >= 4 is 11.8 Å². The lowest BCUT2D eigenvalue weighted by molar-refractivity contribution is -0.152. The molecule has 0 aromatic heterocycles. The van der Waals surface area contributed by atoms with Crippen molar-refractivity contribution < 1.29 is 19.1 Å². The number of esters is 1. The van der Waals surface area contributed by atoms with Gasteiger partial charge in [0.25, 0.3) is 0 Å². The summed E-state index contributed by atoms with van der Waals surface area (Å²) in [4.78, 5) is 23.5. The summed E-state index contributed by atoms with van der Waals surface area (Å²) in [5.74, 6) is 1.85. The molecule has 0 bridgehead atoms. The minimum absolute atomic E-state index is 0.0574. The molecule has 4 heteroatoms. The molecule has 0 spiro atoms. The number of hydrogen-bond acceptors (Lipinski definition) is 4. The van der Waals surface area contributed by atoms with Gasteiger partial charge in [-0.1, -0.05) is 0 Å². The fourth-order valence-corrected chi connectivity index (χ4v) is 3.82. The molecule has 2 aliphatic carbocycles. The van der Waals surface area contributed by atoms with Crippen LogP contribution in [0.15, 0.2) is 0 Å². The summed E-state index contributed by atoms with van der Waals surface area (Å²) in [7, 11) is 1.60. The molecule has 114 valence electrons. The number of rotatable bonds is 5. The Kier molecular flexibility index (Phi) is 5.58. The number of hydrogen-bond donors (Lipinski definition) is 0. The maximum atomic E-state index is 12.0. The Balaban J connectivity index is 1.80. The molecule has 4 unspecified atom stereocenters. The van der Waals surface area contributed by atoms with Crippen LogP contribution in [0.5, 0.6) is 0 Å². The van der Waals surface area contributed by atoms with Gasteiger partial charge in [0.1, 0.15) is 12.4 Å². The van der Waals surface area contributed by atoms with Gasteiger partial charge in [0.05, 0.1) is 12.5 Å². The Morgan fingerprint density at radius 2 is 1.55 bits per heavy atom. The Morgan fingerprint density at radius 3 is 2.15 bits per heavy atom. The Labute approximate surface area is 121 Å². The molecule has 0 radical (unpaired) electrons. The van der Waals surface area contributed by atoms with Crippen molar-refractivity contribution in [2.75, 3.05) is 20.3 Å². The fraction of sp³-hybridized carbons (Fsp3) is 0.875. The topological polar surface area (TPSA) is 52.6 Å². The molecule has 2 fully saturated rings. The second-order valence-electron chi connectivity index (χ2n) is 6.31. The molecule has 0 saturated heterocycles. The number of fused-ring (bicyclic) bond motifs is 1. The number of ketones is 1.